The summed E-state index contributed by atoms with van der Waals surface area (Å²) < 4.78 is 0. The highest BCUT2D eigenvalue weighted by Crippen LogP contribution is 1.97. The molecule has 0 radical (unpaired) electrons. The molecule has 0 saturated heterocycles. The van der Waals surface area contributed by atoms with Crippen molar-refractivity contribution in [2.45, 2.75) is 46.5 Å². The normalized spacial score (nSPS) is 9.69. The summed E-state index contributed by atoms with van der Waals surface area (Å²) in [5, 5.41) is 0. The Morgan fingerprint density at radius 1 is 0.846 bits per heavy atom. The molecule has 2 heteroatoms. The highest BCUT2D eigenvalue weighted by atomic mass is 35.5. The molecule has 0 spiro atoms. The Morgan fingerprint density at radius 2 is 1.23 bits per heavy atom. The summed E-state index contributed by atoms with van der Waals surface area (Å²) in [7, 11) is 0. The second kappa shape index (κ2) is 14.8. The number of alkyl halides is 1. The van der Waals surface area contributed by atoms with E-state index in [9.17, 15) is 0 Å². The zero-order chi connectivity index (χ0) is 10.5. The standard InChI is InChI=1S/C10H23N.CH3Cl/c1-4-7-9-11(6-3)10-8-5-2;1-2/h4-10H2,1-3H3;1H3. The fraction of sp³-hybridized carbons (Fsp3) is 1.00. The molecule has 0 aliphatic carbocycles. The molecule has 0 bridgehead atoms. The summed E-state index contributed by atoms with van der Waals surface area (Å²) in [5.41, 5.74) is 0. The SMILES string of the molecule is CCCCN(CC)CCCC.CCl. The fourth-order valence-electron chi connectivity index (χ4n) is 1.19. The lowest BCUT2D eigenvalue weighted by Gasteiger charge is -2.19. The van der Waals surface area contributed by atoms with Gasteiger partial charge in [0.1, 0.15) is 0 Å². The third-order valence-electron chi connectivity index (χ3n) is 2.10. The Hall–Kier alpha value is 0.250. The van der Waals surface area contributed by atoms with Gasteiger partial charge in [0.25, 0.3) is 0 Å². The first-order valence-corrected chi connectivity index (χ1v) is 6.20. The molecule has 0 aliphatic rings. The first kappa shape index (κ1) is 15.7. The predicted octanol–water partition coefficient (Wildman–Crippen LogP) is 3.76. The van der Waals surface area contributed by atoms with Gasteiger partial charge in [0.05, 0.1) is 0 Å². The summed E-state index contributed by atoms with van der Waals surface area (Å²) in [6, 6.07) is 0. The number of halogens is 1. The van der Waals surface area contributed by atoms with Crippen LogP contribution in [0.15, 0.2) is 0 Å². The molecule has 0 saturated carbocycles. The molecular formula is C11H26ClN. The molecule has 0 aromatic rings. The van der Waals surface area contributed by atoms with Crippen LogP contribution in [0.5, 0.6) is 0 Å². The summed E-state index contributed by atoms with van der Waals surface area (Å²) in [6.45, 7) is 10.6. The van der Waals surface area contributed by atoms with Crippen molar-refractivity contribution in [1.82, 2.24) is 4.90 Å². The van der Waals surface area contributed by atoms with Crippen LogP contribution in [0.2, 0.25) is 0 Å². The molecular weight excluding hydrogens is 182 g/mol. The molecule has 0 unspecified atom stereocenters. The van der Waals surface area contributed by atoms with E-state index >= 15 is 0 Å². The van der Waals surface area contributed by atoms with E-state index < -0.39 is 0 Å². The van der Waals surface area contributed by atoms with Gasteiger partial charge in [-0.2, -0.15) is 0 Å². The van der Waals surface area contributed by atoms with Gasteiger partial charge in [0, 0.05) is 6.38 Å². The molecule has 13 heavy (non-hydrogen) atoms. The molecule has 82 valence electrons. The Bertz CT molecular complexity index is 68.5. The molecule has 1 nitrogen and oxygen atoms in total. The van der Waals surface area contributed by atoms with Crippen molar-refractivity contribution in [3.63, 3.8) is 0 Å². The average Bonchev–Trinajstić information content (AvgIpc) is 2.21. The number of unbranched alkanes of at least 4 members (excludes halogenated alkanes) is 2. The minimum absolute atomic E-state index is 1.22. The zero-order valence-electron chi connectivity index (χ0n) is 9.77. The molecule has 0 aliphatic heterocycles. The molecule has 0 atom stereocenters. The van der Waals surface area contributed by atoms with Gasteiger partial charge in [0.15, 0.2) is 0 Å². The summed E-state index contributed by atoms with van der Waals surface area (Å²) in [5.74, 6) is 0. The Morgan fingerprint density at radius 3 is 1.46 bits per heavy atom. The van der Waals surface area contributed by atoms with Crippen molar-refractivity contribution < 1.29 is 0 Å². The van der Waals surface area contributed by atoms with Crippen LogP contribution in [0, 0.1) is 0 Å². The van der Waals surface area contributed by atoms with Crippen LogP contribution < -0.4 is 0 Å². The van der Waals surface area contributed by atoms with Crippen molar-refractivity contribution in [3.8, 4) is 0 Å². The summed E-state index contributed by atoms with van der Waals surface area (Å²) in [4.78, 5) is 2.55. The van der Waals surface area contributed by atoms with Crippen LogP contribution in [0.25, 0.3) is 0 Å². The van der Waals surface area contributed by atoms with Gasteiger partial charge >= 0.3 is 0 Å². The van der Waals surface area contributed by atoms with Crippen molar-refractivity contribution in [2.75, 3.05) is 26.0 Å². The van der Waals surface area contributed by atoms with Crippen LogP contribution in [0.4, 0.5) is 0 Å². The second-order valence-electron chi connectivity index (χ2n) is 3.14. The van der Waals surface area contributed by atoms with Crippen LogP contribution in [0.3, 0.4) is 0 Å². The van der Waals surface area contributed by atoms with Gasteiger partial charge in [-0.15, -0.1) is 11.6 Å². The molecule has 0 fully saturated rings. The topological polar surface area (TPSA) is 3.24 Å². The van der Waals surface area contributed by atoms with Crippen LogP contribution in [-0.2, 0) is 0 Å². The minimum Gasteiger partial charge on any atom is -0.304 e. The Kier molecular flexibility index (Phi) is 17.8. The highest BCUT2D eigenvalue weighted by Gasteiger charge is 1.98. The van der Waals surface area contributed by atoms with E-state index in [0.717, 1.165) is 0 Å². The Balaban J connectivity index is 0. The van der Waals surface area contributed by atoms with Crippen molar-refractivity contribution in [3.05, 3.63) is 0 Å². The summed E-state index contributed by atoms with van der Waals surface area (Å²) in [6.07, 6.45) is 6.83. The molecule has 0 amide bonds. The third-order valence-corrected chi connectivity index (χ3v) is 2.10. The van der Waals surface area contributed by atoms with Gasteiger partial charge in [-0.3, -0.25) is 0 Å². The van der Waals surface area contributed by atoms with Crippen molar-refractivity contribution in [2.24, 2.45) is 0 Å². The Labute approximate surface area is 89.5 Å². The quantitative estimate of drug-likeness (QED) is 0.575. The van der Waals surface area contributed by atoms with Gasteiger partial charge in [0.2, 0.25) is 0 Å². The van der Waals surface area contributed by atoms with Crippen LogP contribution >= 0.6 is 11.6 Å². The largest absolute Gasteiger partial charge is 0.304 e. The monoisotopic (exact) mass is 207 g/mol. The van der Waals surface area contributed by atoms with Gasteiger partial charge in [-0.25, -0.2) is 0 Å². The third kappa shape index (κ3) is 12.2. The lowest BCUT2D eigenvalue weighted by atomic mass is 10.2. The number of hydrogen-bond donors (Lipinski definition) is 0. The van der Waals surface area contributed by atoms with E-state index in [4.69, 9.17) is 0 Å². The zero-order valence-corrected chi connectivity index (χ0v) is 10.5. The van der Waals surface area contributed by atoms with Gasteiger partial charge in [-0.05, 0) is 32.5 Å². The average molecular weight is 208 g/mol. The van der Waals surface area contributed by atoms with E-state index in [-0.39, 0.29) is 0 Å². The predicted molar refractivity (Wildman–Crippen MR) is 63.7 cm³/mol. The van der Waals surface area contributed by atoms with Crippen molar-refractivity contribution >= 4 is 11.6 Å². The van der Waals surface area contributed by atoms with Gasteiger partial charge in [-0.1, -0.05) is 33.6 Å². The summed E-state index contributed by atoms with van der Waals surface area (Å²) >= 11 is 4.64. The lowest BCUT2D eigenvalue weighted by Crippen LogP contribution is -2.25. The maximum absolute atomic E-state index is 4.64. The molecule has 0 N–H and O–H groups in total. The van der Waals surface area contributed by atoms with E-state index in [1.54, 1.807) is 0 Å². The number of hydrogen-bond acceptors (Lipinski definition) is 1. The fourth-order valence-corrected chi connectivity index (χ4v) is 1.19. The van der Waals surface area contributed by atoms with E-state index in [1.807, 2.05) is 0 Å². The van der Waals surface area contributed by atoms with E-state index in [1.165, 1.54) is 51.7 Å². The second-order valence-corrected chi connectivity index (χ2v) is 3.14. The van der Waals surface area contributed by atoms with E-state index in [0.29, 0.717) is 0 Å². The maximum Gasteiger partial charge on any atom is 0.0108 e. The minimum atomic E-state index is 1.22. The van der Waals surface area contributed by atoms with Crippen LogP contribution in [-0.4, -0.2) is 30.9 Å². The van der Waals surface area contributed by atoms with E-state index in [2.05, 4.69) is 37.3 Å². The smallest absolute Gasteiger partial charge is 0.0108 e. The maximum atomic E-state index is 4.64. The molecule has 0 aromatic heterocycles. The van der Waals surface area contributed by atoms with Gasteiger partial charge < -0.3 is 4.90 Å². The first-order valence-electron chi connectivity index (χ1n) is 5.45. The molecule has 0 rings (SSSR count). The first-order chi connectivity index (χ1) is 6.35. The number of rotatable bonds is 7. The highest BCUT2D eigenvalue weighted by molar-refractivity contribution is 6.15. The van der Waals surface area contributed by atoms with Crippen molar-refractivity contribution in [1.29, 1.82) is 0 Å². The lowest BCUT2D eigenvalue weighted by molar-refractivity contribution is 0.279. The molecule has 0 aromatic carbocycles. The number of nitrogens with zero attached hydrogens (tertiary/aromatic N) is 1. The van der Waals surface area contributed by atoms with Crippen LogP contribution in [0.1, 0.15) is 46.5 Å². The molecule has 0 heterocycles.